The van der Waals surface area contributed by atoms with Crippen LogP contribution < -0.4 is 62.4 Å². The average Bonchev–Trinajstić information content (AvgIpc) is 2.15. The van der Waals surface area contributed by atoms with Gasteiger partial charge in [-0.05, 0) is 19.4 Å². The molecular weight excluding hydrogens is 199 g/mol. The Balaban J connectivity index is 0.00000169. The van der Waals surface area contributed by atoms with E-state index in [1.807, 2.05) is 24.3 Å². The van der Waals surface area contributed by atoms with Crippen molar-refractivity contribution in [3.63, 3.8) is 0 Å². The molecule has 0 aliphatic carbocycles. The quantitative estimate of drug-likeness (QED) is 0.377. The molecule has 1 aromatic rings. The van der Waals surface area contributed by atoms with E-state index in [0.717, 1.165) is 37.2 Å². The molecule has 72 valence electrons. The Hall–Kier alpha value is 0.486. The summed E-state index contributed by atoms with van der Waals surface area (Å²) in [7, 11) is 0. The zero-order valence-electron chi connectivity index (χ0n) is 8.92. The number of anilines is 1. The van der Waals surface area contributed by atoms with E-state index in [-0.39, 0.29) is 51.4 Å². The molecule has 0 bridgehead atoms. The first-order valence-electron chi connectivity index (χ1n) is 4.69. The van der Waals surface area contributed by atoms with Crippen LogP contribution in [0.1, 0.15) is 18.4 Å². The number of nitrogens with one attached hydrogen (secondary N) is 1. The molecule has 0 radical (unpaired) electrons. The molecular formula is C11H17KN2. The number of benzene rings is 1. The molecule has 0 saturated heterocycles. The molecule has 0 fully saturated rings. The van der Waals surface area contributed by atoms with E-state index in [4.69, 9.17) is 5.73 Å². The fourth-order valence-electron chi connectivity index (χ4n) is 1.12. The van der Waals surface area contributed by atoms with Crippen molar-refractivity contribution in [2.24, 2.45) is 5.73 Å². The summed E-state index contributed by atoms with van der Waals surface area (Å²) >= 11 is 0. The SMILES string of the molecule is [CH2-]c1ccc(NCCCCN)cc1.[K+]. The van der Waals surface area contributed by atoms with Crippen molar-refractivity contribution < 1.29 is 51.4 Å². The second-order valence-corrected chi connectivity index (χ2v) is 3.12. The molecule has 0 aliphatic heterocycles. The van der Waals surface area contributed by atoms with Crippen LogP contribution in [-0.4, -0.2) is 13.1 Å². The van der Waals surface area contributed by atoms with Crippen LogP contribution in [0.2, 0.25) is 0 Å². The molecule has 0 spiro atoms. The maximum Gasteiger partial charge on any atom is 1.00 e. The molecule has 3 heteroatoms. The summed E-state index contributed by atoms with van der Waals surface area (Å²) in [5, 5.41) is 3.32. The molecule has 1 aromatic carbocycles. The maximum absolute atomic E-state index is 5.39. The topological polar surface area (TPSA) is 38.0 Å². The Labute approximate surface area is 129 Å². The Bertz CT molecular complexity index is 234. The zero-order valence-corrected chi connectivity index (χ0v) is 12.0. The second kappa shape index (κ2) is 8.77. The van der Waals surface area contributed by atoms with Gasteiger partial charge >= 0.3 is 51.4 Å². The fourth-order valence-corrected chi connectivity index (χ4v) is 1.12. The van der Waals surface area contributed by atoms with Crippen molar-refractivity contribution in [1.29, 1.82) is 0 Å². The number of hydrogen-bond acceptors (Lipinski definition) is 2. The van der Waals surface area contributed by atoms with Gasteiger partial charge in [0.15, 0.2) is 0 Å². The number of nitrogens with two attached hydrogens (primary N) is 1. The van der Waals surface area contributed by atoms with E-state index in [0.29, 0.717) is 0 Å². The Morgan fingerprint density at radius 1 is 1.14 bits per heavy atom. The van der Waals surface area contributed by atoms with E-state index < -0.39 is 0 Å². The van der Waals surface area contributed by atoms with Crippen LogP contribution in [0, 0.1) is 6.92 Å². The van der Waals surface area contributed by atoms with Crippen LogP contribution in [0.3, 0.4) is 0 Å². The predicted octanol–water partition coefficient (Wildman–Crippen LogP) is -0.976. The third-order valence-electron chi connectivity index (χ3n) is 1.91. The maximum atomic E-state index is 5.39. The van der Waals surface area contributed by atoms with Crippen molar-refractivity contribution in [2.75, 3.05) is 18.4 Å². The van der Waals surface area contributed by atoms with Gasteiger partial charge in [-0.2, -0.15) is 24.6 Å². The van der Waals surface area contributed by atoms with Crippen LogP contribution in [0.25, 0.3) is 0 Å². The van der Waals surface area contributed by atoms with Gasteiger partial charge in [0.25, 0.3) is 0 Å². The minimum atomic E-state index is 0. The molecule has 14 heavy (non-hydrogen) atoms. The van der Waals surface area contributed by atoms with Crippen LogP contribution >= 0.6 is 0 Å². The number of hydrogen-bond donors (Lipinski definition) is 2. The van der Waals surface area contributed by atoms with E-state index in [9.17, 15) is 0 Å². The Morgan fingerprint density at radius 3 is 2.36 bits per heavy atom. The summed E-state index contributed by atoms with van der Waals surface area (Å²) in [4.78, 5) is 0. The Morgan fingerprint density at radius 2 is 1.79 bits per heavy atom. The minimum absolute atomic E-state index is 0. The second-order valence-electron chi connectivity index (χ2n) is 3.12. The Kier molecular flexibility index (Phi) is 9.07. The number of rotatable bonds is 5. The zero-order chi connectivity index (χ0) is 9.52. The third kappa shape index (κ3) is 6.06. The van der Waals surface area contributed by atoms with Crippen LogP contribution in [0.15, 0.2) is 24.3 Å². The summed E-state index contributed by atoms with van der Waals surface area (Å²) in [6.07, 6.45) is 2.21. The molecule has 0 heterocycles. The first kappa shape index (κ1) is 14.5. The number of unbranched alkanes of at least 4 members (excludes halogenated alkanes) is 1. The summed E-state index contributed by atoms with van der Waals surface area (Å²) in [5.74, 6) is 0. The molecule has 0 atom stereocenters. The van der Waals surface area contributed by atoms with Crippen LogP contribution in [0.4, 0.5) is 5.69 Å². The van der Waals surface area contributed by atoms with Gasteiger partial charge in [0, 0.05) is 12.2 Å². The van der Waals surface area contributed by atoms with Crippen molar-refractivity contribution in [3.8, 4) is 0 Å². The molecule has 0 amide bonds. The normalized spacial score (nSPS) is 9.21. The van der Waals surface area contributed by atoms with Gasteiger partial charge in [0.1, 0.15) is 0 Å². The van der Waals surface area contributed by atoms with Gasteiger partial charge in [0.2, 0.25) is 0 Å². The summed E-state index contributed by atoms with van der Waals surface area (Å²) < 4.78 is 0. The van der Waals surface area contributed by atoms with E-state index in [1.54, 1.807) is 0 Å². The monoisotopic (exact) mass is 216 g/mol. The van der Waals surface area contributed by atoms with Crippen molar-refractivity contribution in [1.82, 2.24) is 0 Å². The van der Waals surface area contributed by atoms with E-state index in [1.165, 1.54) is 0 Å². The van der Waals surface area contributed by atoms with Gasteiger partial charge in [-0.3, -0.25) is 0 Å². The summed E-state index contributed by atoms with van der Waals surface area (Å²) in [6.45, 7) is 5.60. The largest absolute Gasteiger partial charge is 1.00 e. The molecule has 1 rings (SSSR count). The molecule has 0 aliphatic rings. The standard InChI is InChI=1S/C11H17N2.K/c1-10-4-6-11(7-5-10)13-9-3-2-8-12;/h4-7,13H,1-3,8-9,12H2;/q-1;+1. The first-order valence-corrected chi connectivity index (χ1v) is 4.69. The summed E-state index contributed by atoms with van der Waals surface area (Å²) in [5.41, 5.74) is 7.60. The van der Waals surface area contributed by atoms with E-state index >= 15 is 0 Å². The third-order valence-corrected chi connectivity index (χ3v) is 1.91. The molecule has 3 N–H and O–H groups in total. The minimum Gasteiger partial charge on any atom is -0.387 e. The average molecular weight is 216 g/mol. The van der Waals surface area contributed by atoms with Gasteiger partial charge in [-0.25, -0.2) is 0 Å². The van der Waals surface area contributed by atoms with Crippen molar-refractivity contribution in [3.05, 3.63) is 36.8 Å². The van der Waals surface area contributed by atoms with E-state index in [2.05, 4.69) is 12.2 Å². The molecule has 0 unspecified atom stereocenters. The molecule has 0 saturated carbocycles. The van der Waals surface area contributed by atoms with Crippen LogP contribution in [-0.2, 0) is 0 Å². The summed E-state index contributed by atoms with van der Waals surface area (Å²) in [6, 6.07) is 8.10. The molecule has 2 nitrogen and oxygen atoms in total. The van der Waals surface area contributed by atoms with Gasteiger partial charge in [-0.1, -0.05) is 12.1 Å². The van der Waals surface area contributed by atoms with Crippen molar-refractivity contribution in [2.45, 2.75) is 12.8 Å². The fraction of sp³-hybridized carbons (Fsp3) is 0.364. The molecule has 0 aromatic heterocycles. The van der Waals surface area contributed by atoms with Gasteiger partial charge in [-0.15, -0.1) is 0 Å². The van der Waals surface area contributed by atoms with Gasteiger partial charge < -0.3 is 11.1 Å². The van der Waals surface area contributed by atoms with Crippen LogP contribution in [0.5, 0.6) is 0 Å². The van der Waals surface area contributed by atoms with Gasteiger partial charge in [0.05, 0.1) is 0 Å². The first-order chi connectivity index (χ1) is 6.33. The predicted molar refractivity (Wildman–Crippen MR) is 57.7 cm³/mol. The van der Waals surface area contributed by atoms with Crippen molar-refractivity contribution >= 4 is 5.69 Å². The smallest absolute Gasteiger partial charge is 0.387 e.